The number of alkyl carbamates (subject to hydrolysis) is 1. The number of benzene rings is 2. The van der Waals surface area contributed by atoms with Crippen molar-refractivity contribution in [2.45, 2.75) is 44.2 Å². The van der Waals surface area contributed by atoms with Crippen LogP contribution in [0.2, 0.25) is 0 Å². The first-order valence-electron chi connectivity index (χ1n) is 10.2. The van der Waals surface area contributed by atoms with Crippen molar-refractivity contribution in [3.63, 3.8) is 0 Å². The van der Waals surface area contributed by atoms with Gasteiger partial charge in [0.05, 0.1) is 39.4 Å². The van der Waals surface area contributed by atoms with Gasteiger partial charge in [0.25, 0.3) is 0 Å². The molecule has 1 amide bonds. The van der Waals surface area contributed by atoms with Gasteiger partial charge in [-0.05, 0) is 56.5 Å². The molecular weight excluding hydrogens is 398 g/mol. The van der Waals surface area contributed by atoms with Crippen molar-refractivity contribution in [1.29, 1.82) is 0 Å². The van der Waals surface area contributed by atoms with Gasteiger partial charge in [-0.1, -0.05) is 12.1 Å². The zero-order chi connectivity index (χ0) is 22.8. The third-order valence-corrected chi connectivity index (χ3v) is 5.60. The lowest BCUT2D eigenvalue weighted by molar-refractivity contribution is 0.0474. The van der Waals surface area contributed by atoms with Gasteiger partial charge in [-0.15, -0.1) is 0 Å². The number of aliphatic hydroxyl groups is 1. The normalized spacial score (nSPS) is 20.0. The molecule has 0 bridgehead atoms. The van der Waals surface area contributed by atoms with Gasteiger partial charge >= 0.3 is 6.09 Å². The van der Waals surface area contributed by atoms with Gasteiger partial charge in [0.1, 0.15) is 22.8 Å². The number of carbonyl (C=O) groups excluding carboxylic acids is 1. The number of methoxy groups -OCH3 is 3. The van der Waals surface area contributed by atoms with Crippen LogP contribution in [-0.2, 0) is 16.6 Å². The van der Waals surface area contributed by atoms with Gasteiger partial charge in [0, 0.05) is 11.6 Å². The van der Waals surface area contributed by atoms with E-state index in [0.717, 1.165) is 16.7 Å². The van der Waals surface area contributed by atoms with Gasteiger partial charge in [-0.2, -0.15) is 0 Å². The SMILES string of the molecule is COc1cccc([C@@]2(CO)c3c(cc(OC)cc3OC)C[C@@H]2NC(=O)OC(C)(C)C)c1. The average molecular weight is 430 g/mol. The molecule has 0 saturated carbocycles. The van der Waals surface area contributed by atoms with Crippen molar-refractivity contribution >= 4 is 6.09 Å². The van der Waals surface area contributed by atoms with Crippen molar-refractivity contribution in [1.82, 2.24) is 5.32 Å². The molecule has 1 aliphatic carbocycles. The Balaban J connectivity index is 2.19. The number of fused-ring (bicyclic) bond motifs is 1. The summed E-state index contributed by atoms with van der Waals surface area (Å²) in [5.41, 5.74) is 0.937. The second-order valence-electron chi connectivity index (χ2n) is 8.63. The molecule has 31 heavy (non-hydrogen) atoms. The van der Waals surface area contributed by atoms with Crippen LogP contribution in [0.3, 0.4) is 0 Å². The minimum atomic E-state index is -0.960. The van der Waals surface area contributed by atoms with Crippen LogP contribution >= 0.6 is 0 Å². The Bertz CT molecular complexity index is 952. The van der Waals surface area contributed by atoms with Crippen molar-refractivity contribution in [2.75, 3.05) is 27.9 Å². The summed E-state index contributed by atoms with van der Waals surface area (Å²) in [6, 6.07) is 10.7. The minimum Gasteiger partial charge on any atom is -0.497 e. The summed E-state index contributed by atoms with van der Waals surface area (Å²) in [6.07, 6.45) is -0.0724. The second kappa shape index (κ2) is 8.67. The van der Waals surface area contributed by atoms with E-state index in [1.165, 1.54) is 0 Å². The highest BCUT2D eigenvalue weighted by atomic mass is 16.6. The number of hydrogen-bond acceptors (Lipinski definition) is 6. The van der Waals surface area contributed by atoms with Gasteiger partial charge in [0.15, 0.2) is 0 Å². The predicted octanol–water partition coefficient (Wildman–Crippen LogP) is 3.44. The van der Waals surface area contributed by atoms with Gasteiger partial charge in [-0.3, -0.25) is 0 Å². The number of aliphatic hydroxyl groups excluding tert-OH is 1. The lowest BCUT2D eigenvalue weighted by Crippen LogP contribution is -2.52. The van der Waals surface area contributed by atoms with Crippen LogP contribution in [0.15, 0.2) is 36.4 Å². The molecule has 0 saturated heterocycles. The molecule has 0 fully saturated rings. The van der Waals surface area contributed by atoms with E-state index in [1.54, 1.807) is 27.4 Å². The molecule has 2 atom stereocenters. The molecule has 0 aromatic heterocycles. The van der Waals surface area contributed by atoms with E-state index < -0.39 is 23.2 Å². The van der Waals surface area contributed by atoms with Crippen molar-refractivity contribution in [3.05, 3.63) is 53.1 Å². The zero-order valence-corrected chi connectivity index (χ0v) is 18.9. The Morgan fingerprint density at radius 2 is 1.81 bits per heavy atom. The van der Waals surface area contributed by atoms with Crippen LogP contribution in [0.1, 0.15) is 37.5 Å². The Morgan fingerprint density at radius 1 is 1.10 bits per heavy atom. The van der Waals surface area contributed by atoms with E-state index in [-0.39, 0.29) is 6.61 Å². The summed E-state index contributed by atoms with van der Waals surface area (Å²) in [4.78, 5) is 12.7. The standard InChI is InChI=1S/C24H31NO6/c1-23(2,3)31-22(27)25-20-11-15-10-18(29-5)13-19(30-6)21(15)24(20,14-26)16-8-7-9-17(12-16)28-4/h7-10,12-13,20,26H,11,14H2,1-6H3,(H,25,27)/t20-,24+/m0/s1. The topological polar surface area (TPSA) is 86.3 Å². The van der Waals surface area contributed by atoms with E-state index in [1.807, 2.05) is 51.1 Å². The summed E-state index contributed by atoms with van der Waals surface area (Å²) < 4.78 is 22.1. The summed E-state index contributed by atoms with van der Waals surface area (Å²) in [6.45, 7) is 5.18. The van der Waals surface area contributed by atoms with Crippen molar-refractivity contribution in [2.24, 2.45) is 0 Å². The average Bonchev–Trinajstić information content (AvgIpc) is 3.05. The molecule has 0 heterocycles. The van der Waals surface area contributed by atoms with Crippen LogP contribution in [-0.4, -0.2) is 50.8 Å². The van der Waals surface area contributed by atoms with Crippen LogP contribution in [0, 0.1) is 0 Å². The number of carbonyl (C=O) groups is 1. The van der Waals surface area contributed by atoms with Gasteiger partial charge in [0.2, 0.25) is 0 Å². The molecule has 0 radical (unpaired) electrons. The molecule has 2 N–H and O–H groups in total. The monoisotopic (exact) mass is 429 g/mol. The molecule has 168 valence electrons. The largest absolute Gasteiger partial charge is 0.497 e. The fourth-order valence-corrected chi connectivity index (χ4v) is 4.31. The van der Waals surface area contributed by atoms with E-state index >= 15 is 0 Å². The number of ether oxygens (including phenoxy) is 4. The lowest BCUT2D eigenvalue weighted by atomic mass is 9.73. The smallest absolute Gasteiger partial charge is 0.407 e. The lowest BCUT2D eigenvalue weighted by Gasteiger charge is -2.37. The first-order valence-corrected chi connectivity index (χ1v) is 10.2. The Kier molecular flexibility index (Phi) is 6.36. The highest BCUT2D eigenvalue weighted by Crippen LogP contribution is 2.50. The molecule has 1 aliphatic rings. The number of rotatable bonds is 6. The predicted molar refractivity (Wildman–Crippen MR) is 117 cm³/mol. The molecule has 0 unspecified atom stereocenters. The highest BCUT2D eigenvalue weighted by Gasteiger charge is 2.51. The maximum Gasteiger partial charge on any atom is 0.407 e. The first kappa shape index (κ1) is 22.7. The maximum atomic E-state index is 12.7. The Morgan fingerprint density at radius 3 is 2.39 bits per heavy atom. The molecule has 3 rings (SSSR count). The quantitative estimate of drug-likeness (QED) is 0.732. The minimum absolute atomic E-state index is 0.254. The van der Waals surface area contributed by atoms with Crippen LogP contribution < -0.4 is 19.5 Å². The number of nitrogens with one attached hydrogen (secondary N) is 1. The third-order valence-electron chi connectivity index (χ3n) is 5.60. The summed E-state index contributed by atoms with van der Waals surface area (Å²) in [5, 5.41) is 13.8. The highest BCUT2D eigenvalue weighted by molar-refractivity contribution is 5.71. The van der Waals surface area contributed by atoms with Crippen molar-refractivity contribution in [3.8, 4) is 17.2 Å². The number of hydrogen-bond donors (Lipinski definition) is 2. The molecule has 2 aromatic carbocycles. The zero-order valence-electron chi connectivity index (χ0n) is 18.9. The summed E-state index contributed by atoms with van der Waals surface area (Å²) >= 11 is 0. The summed E-state index contributed by atoms with van der Waals surface area (Å²) in [7, 11) is 4.76. The number of amides is 1. The molecule has 7 heteroatoms. The van der Waals surface area contributed by atoms with Crippen LogP contribution in [0.25, 0.3) is 0 Å². The fraction of sp³-hybridized carbons (Fsp3) is 0.458. The summed E-state index contributed by atoms with van der Waals surface area (Å²) in [5.74, 6) is 1.88. The molecule has 0 aliphatic heterocycles. The van der Waals surface area contributed by atoms with E-state index in [9.17, 15) is 9.90 Å². The van der Waals surface area contributed by atoms with E-state index in [2.05, 4.69) is 5.32 Å². The Labute approximate surface area is 183 Å². The van der Waals surface area contributed by atoms with Crippen LogP contribution in [0.4, 0.5) is 4.79 Å². The van der Waals surface area contributed by atoms with Crippen molar-refractivity contribution < 1.29 is 28.8 Å². The third kappa shape index (κ3) is 4.28. The van der Waals surface area contributed by atoms with Crippen LogP contribution in [0.5, 0.6) is 17.2 Å². The second-order valence-corrected chi connectivity index (χ2v) is 8.63. The van der Waals surface area contributed by atoms with E-state index in [4.69, 9.17) is 18.9 Å². The maximum absolute atomic E-state index is 12.7. The van der Waals surface area contributed by atoms with Gasteiger partial charge < -0.3 is 29.4 Å². The molecule has 2 aromatic rings. The first-order chi connectivity index (χ1) is 14.7. The molecular formula is C24H31NO6. The molecule has 0 spiro atoms. The molecule has 7 nitrogen and oxygen atoms in total. The van der Waals surface area contributed by atoms with Gasteiger partial charge in [-0.25, -0.2) is 4.79 Å². The fourth-order valence-electron chi connectivity index (χ4n) is 4.31. The Hall–Kier alpha value is -2.93. The van der Waals surface area contributed by atoms with E-state index in [0.29, 0.717) is 23.7 Å².